The molecule has 0 saturated heterocycles. The number of nitrogens with one attached hydrogen (secondary N) is 1. The number of benzene rings is 1. The lowest BCUT2D eigenvalue weighted by atomic mass is 9.74. The summed E-state index contributed by atoms with van der Waals surface area (Å²) in [6.45, 7) is 8.62. The minimum Gasteiger partial charge on any atom is -0.359 e. The second-order valence-electron chi connectivity index (χ2n) is 5.71. The third-order valence-electron chi connectivity index (χ3n) is 3.19. The maximum absolute atomic E-state index is 11.6. The van der Waals surface area contributed by atoms with Gasteiger partial charge in [-0.25, -0.2) is 0 Å². The predicted octanol–water partition coefficient (Wildman–Crippen LogP) is 3.26. The van der Waals surface area contributed by atoms with E-state index in [4.69, 9.17) is 0 Å². The molecule has 1 unspecified atom stereocenters. The van der Waals surface area contributed by atoms with E-state index in [9.17, 15) is 4.79 Å². The monoisotopic (exact) mass is 233 g/mol. The molecule has 1 aromatic rings. The normalized spacial score (nSPS) is 13.2. The summed E-state index contributed by atoms with van der Waals surface area (Å²) in [5.41, 5.74) is 2.58. The molecule has 0 radical (unpaired) electrons. The Labute approximate surface area is 104 Å². The summed E-state index contributed by atoms with van der Waals surface area (Å²) < 4.78 is 0. The maximum atomic E-state index is 11.6. The van der Waals surface area contributed by atoms with Crippen molar-refractivity contribution in [1.82, 2.24) is 5.32 Å². The molecular formula is C15H23NO. The number of rotatable bonds is 3. The fourth-order valence-electron chi connectivity index (χ4n) is 2.01. The Morgan fingerprint density at radius 1 is 1.24 bits per heavy atom. The lowest BCUT2D eigenvalue weighted by Crippen LogP contribution is -2.27. The third kappa shape index (κ3) is 3.88. The van der Waals surface area contributed by atoms with E-state index >= 15 is 0 Å². The van der Waals surface area contributed by atoms with E-state index < -0.39 is 0 Å². The Kier molecular flexibility index (Phi) is 4.33. The second-order valence-corrected chi connectivity index (χ2v) is 5.71. The number of hydrogen-bond donors (Lipinski definition) is 1. The van der Waals surface area contributed by atoms with Gasteiger partial charge < -0.3 is 5.32 Å². The Hall–Kier alpha value is -1.31. The van der Waals surface area contributed by atoms with Gasteiger partial charge in [-0.2, -0.15) is 0 Å². The Bertz CT molecular complexity index is 373. The van der Waals surface area contributed by atoms with Crippen LogP contribution in [0, 0.1) is 12.3 Å². The van der Waals surface area contributed by atoms with Gasteiger partial charge in [0.05, 0.1) is 0 Å². The van der Waals surface area contributed by atoms with Crippen molar-refractivity contribution in [2.24, 2.45) is 5.41 Å². The first-order valence-corrected chi connectivity index (χ1v) is 6.11. The highest BCUT2D eigenvalue weighted by Crippen LogP contribution is 2.37. The highest BCUT2D eigenvalue weighted by Gasteiger charge is 2.27. The van der Waals surface area contributed by atoms with Gasteiger partial charge in [0.2, 0.25) is 5.91 Å². The third-order valence-corrected chi connectivity index (χ3v) is 3.19. The molecule has 1 aromatic carbocycles. The molecule has 0 bridgehead atoms. The van der Waals surface area contributed by atoms with Gasteiger partial charge in [-0.1, -0.05) is 50.6 Å². The van der Waals surface area contributed by atoms with Crippen molar-refractivity contribution in [3.63, 3.8) is 0 Å². The Balaban J connectivity index is 2.98. The SMILES string of the molecule is CNC(=O)CC(c1ccc(C)cc1)C(C)(C)C. The molecule has 0 spiro atoms. The molecule has 2 heteroatoms. The fraction of sp³-hybridized carbons (Fsp3) is 0.533. The van der Waals surface area contributed by atoms with Gasteiger partial charge in [0, 0.05) is 13.5 Å². The maximum Gasteiger partial charge on any atom is 0.220 e. The van der Waals surface area contributed by atoms with E-state index in [1.165, 1.54) is 11.1 Å². The summed E-state index contributed by atoms with van der Waals surface area (Å²) in [5, 5.41) is 2.71. The van der Waals surface area contributed by atoms with Crippen LogP contribution in [0.1, 0.15) is 44.2 Å². The van der Waals surface area contributed by atoms with Crippen LogP contribution < -0.4 is 5.32 Å². The standard InChI is InChI=1S/C15H23NO/c1-11-6-8-12(9-7-11)13(15(2,3)4)10-14(17)16-5/h6-9,13H,10H2,1-5H3,(H,16,17). The van der Waals surface area contributed by atoms with Gasteiger partial charge in [0.15, 0.2) is 0 Å². The van der Waals surface area contributed by atoms with E-state index in [1.54, 1.807) is 7.05 Å². The second kappa shape index (κ2) is 5.35. The summed E-state index contributed by atoms with van der Waals surface area (Å²) in [7, 11) is 1.69. The molecule has 0 aliphatic carbocycles. The van der Waals surface area contributed by atoms with Crippen molar-refractivity contribution < 1.29 is 4.79 Å². The average molecular weight is 233 g/mol. The summed E-state index contributed by atoms with van der Waals surface area (Å²) in [6, 6.07) is 8.48. The number of carbonyl (C=O) groups is 1. The predicted molar refractivity (Wildman–Crippen MR) is 72.1 cm³/mol. The molecule has 1 atom stereocenters. The van der Waals surface area contributed by atoms with Crippen molar-refractivity contribution in [2.75, 3.05) is 7.05 Å². The topological polar surface area (TPSA) is 29.1 Å². The molecule has 94 valence electrons. The van der Waals surface area contributed by atoms with Crippen molar-refractivity contribution in [2.45, 2.75) is 40.0 Å². The van der Waals surface area contributed by atoms with Gasteiger partial charge in [0.25, 0.3) is 0 Å². The molecule has 0 saturated carbocycles. The van der Waals surface area contributed by atoms with E-state index in [2.05, 4.69) is 57.3 Å². The molecular weight excluding hydrogens is 210 g/mol. The van der Waals surface area contributed by atoms with Crippen LogP contribution >= 0.6 is 0 Å². The molecule has 1 N–H and O–H groups in total. The van der Waals surface area contributed by atoms with E-state index in [-0.39, 0.29) is 17.2 Å². The van der Waals surface area contributed by atoms with E-state index in [1.807, 2.05) is 0 Å². The molecule has 1 amide bonds. The zero-order chi connectivity index (χ0) is 13.1. The van der Waals surface area contributed by atoms with Crippen molar-refractivity contribution >= 4 is 5.91 Å². The quantitative estimate of drug-likeness (QED) is 0.853. The van der Waals surface area contributed by atoms with Gasteiger partial charge >= 0.3 is 0 Å². The minimum atomic E-state index is 0.0851. The molecule has 0 aromatic heterocycles. The van der Waals surface area contributed by atoms with Gasteiger partial charge in [-0.3, -0.25) is 4.79 Å². The number of hydrogen-bond acceptors (Lipinski definition) is 1. The van der Waals surface area contributed by atoms with E-state index in [0.29, 0.717) is 6.42 Å². The molecule has 17 heavy (non-hydrogen) atoms. The van der Waals surface area contributed by atoms with Gasteiger partial charge in [0.1, 0.15) is 0 Å². The first kappa shape index (κ1) is 13.8. The lowest BCUT2D eigenvalue weighted by Gasteiger charge is -2.30. The van der Waals surface area contributed by atoms with Crippen LogP contribution in [0.3, 0.4) is 0 Å². The highest BCUT2D eigenvalue weighted by molar-refractivity contribution is 5.76. The minimum absolute atomic E-state index is 0.0851. The summed E-state index contributed by atoms with van der Waals surface area (Å²) in [6.07, 6.45) is 0.545. The Morgan fingerprint density at radius 3 is 2.18 bits per heavy atom. The van der Waals surface area contributed by atoms with Crippen molar-refractivity contribution in [1.29, 1.82) is 0 Å². The summed E-state index contributed by atoms with van der Waals surface area (Å²) in [5.74, 6) is 0.355. The first-order chi connectivity index (χ1) is 7.84. The van der Waals surface area contributed by atoms with Crippen LogP contribution in [0.5, 0.6) is 0 Å². The number of amides is 1. The molecule has 0 fully saturated rings. The van der Waals surface area contributed by atoms with Gasteiger partial charge in [-0.05, 0) is 23.8 Å². The van der Waals surface area contributed by atoms with Crippen LogP contribution in [0.25, 0.3) is 0 Å². The highest BCUT2D eigenvalue weighted by atomic mass is 16.1. The number of aryl methyl sites for hydroxylation is 1. The average Bonchev–Trinajstić information content (AvgIpc) is 2.25. The van der Waals surface area contributed by atoms with Crippen molar-refractivity contribution in [3.8, 4) is 0 Å². The van der Waals surface area contributed by atoms with E-state index in [0.717, 1.165) is 0 Å². The smallest absolute Gasteiger partial charge is 0.220 e. The van der Waals surface area contributed by atoms with Crippen molar-refractivity contribution in [3.05, 3.63) is 35.4 Å². The van der Waals surface area contributed by atoms with Crippen LogP contribution in [-0.4, -0.2) is 13.0 Å². The Morgan fingerprint density at radius 2 is 1.76 bits per heavy atom. The first-order valence-electron chi connectivity index (χ1n) is 6.11. The molecule has 0 aliphatic rings. The zero-order valence-corrected chi connectivity index (χ0v) is 11.5. The van der Waals surface area contributed by atoms with Gasteiger partial charge in [-0.15, -0.1) is 0 Å². The summed E-state index contributed by atoms with van der Waals surface area (Å²) in [4.78, 5) is 11.6. The fourth-order valence-corrected chi connectivity index (χ4v) is 2.01. The molecule has 2 nitrogen and oxygen atoms in total. The molecule has 0 heterocycles. The van der Waals surface area contributed by atoms with Crippen LogP contribution in [0.2, 0.25) is 0 Å². The lowest BCUT2D eigenvalue weighted by molar-refractivity contribution is -0.121. The molecule has 1 rings (SSSR count). The van der Waals surface area contributed by atoms with Crippen LogP contribution in [0.4, 0.5) is 0 Å². The van der Waals surface area contributed by atoms with Crippen LogP contribution in [-0.2, 0) is 4.79 Å². The summed E-state index contributed by atoms with van der Waals surface area (Å²) >= 11 is 0. The zero-order valence-electron chi connectivity index (χ0n) is 11.5. The molecule has 0 aliphatic heterocycles. The van der Waals surface area contributed by atoms with Crippen LogP contribution in [0.15, 0.2) is 24.3 Å². The largest absolute Gasteiger partial charge is 0.359 e. The number of carbonyl (C=O) groups excluding carboxylic acids is 1.